The van der Waals surface area contributed by atoms with Gasteiger partial charge in [0.15, 0.2) is 0 Å². The van der Waals surface area contributed by atoms with Gasteiger partial charge in [0.25, 0.3) is 0 Å². The third kappa shape index (κ3) is 3.42. The summed E-state index contributed by atoms with van der Waals surface area (Å²) in [6.07, 6.45) is 1.71. The van der Waals surface area contributed by atoms with E-state index in [0.717, 1.165) is 23.6 Å². The average molecular weight is 273 g/mol. The van der Waals surface area contributed by atoms with E-state index in [1.165, 1.54) is 5.56 Å². The van der Waals surface area contributed by atoms with Crippen LogP contribution in [0.4, 0.5) is 0 Å². The third-order valence-electron chi connectivity index (χ3n) is 3.26. The van der Waals surface area contributed by atoms with Crippen LogP contribution < -0.4 is 10.1 Å². The van der Waals surface area contributed by atoms with Gasteiger partial charge >= 0.3 is 0 Å². The summed E-state index contributed by atoms with van der Waals surface area (Å²) in [6, 6.07) is 10.2. The molecule has 0 atom stereocenters. The number of hydrogen-bond acceptors (Lipinski definition) is 3. The van der Waals surface area contributed by atoms with Crippen LogP contribution in [0.1, 0.15) is 37.7 Å². The number of para-hydroxylation sites is 1. The lowest BCUT2D eigenvalue weighted by molar-refractivity contribution is 0.262. The first kappa shape index (κ1) is 14.7. The molecule has 1 aromatic heterocycles. The highest BCUT2D eigenvalue weighted by Gasteiger charge is 2.18. The number of furan rings is 1. The van der Waals surface area contributed by atoms with Gasteiger partial charge in [-0.3, -0.25) is 0 Å². The quantitative estimate of drug-likeness (QED) is 0.898. The molecule has 0 radical (unpaired) electrons. The molecule has 3 nitrogen and oxygen atoms in total. The van der Waals surface area contributed by atoms with Crippen LogP contribution in [0.5, 0.6) is 5.75 Å². The van der Waals surface area contributed by atoms with Crippen LogP contribution in [0.25, 0.3) is 0 Å². The molecule has 1 N–H and O–H groups in total. The monoisotopic (exact) mass is 273 g/mol. The Labute approximate surface area is 121 Å². The second-order valence-electron chi connectivity index (χ2n) is 5.93. The molecule has 0 unspecified atom stereocenters. The molecule has 2 aromatic rings. The summed E-state index contributed by atoms with van der Waals surface area (Å²) in [6.45, 7) is 7.81. The number of benzene rings is 1. The maximum absolute atomic E-state index is 5.97. The first-order valence-corrected chi connectivity index (χ1v) is 6.94. The van der Waals surface area contributed by atoms with E-state index >= 15 is 0 Å². The molecule has 0 bridgehead atoms. The van der Waals surface area contributed by atoms with E-state index in [1.807, 2.05) is 31.3 Å². The molecule has 0 amide bonds. The van der Waals surface area contributed by atoms with Crippen molar-refractivity contribution in [1.29, 1.82) is 0 Å². The van der Waals surface area contributed by atoms with E-state index in [2.05, 4.69) is 32.2 Å². The van der Waals surface area contributed by atoms with Gasteiger partial charge in [0.1, 0.15) is 18.1 Å². The van der Waals surface area contributed by atoms with E-state index in [9.17, 15) is 0 Å². The molecule has 0 fully saturated rings. The Morgan fingerprint density at radius 3 is 2.60 bits per heavy atom. The first-order chi connectivity index (χ1) is 9.52. The highest BCUT2D eigenvalue weighted by Crippen LogP contribution is 2.31. The lowest BCUT2D eigenvalue weighted by Crippen LogP contribution is -2.13. The molecule has 0 aliphatic rings. The van der Waals surface area contributed by atoms with Gasteiger partial charge in [0, 0.05) is 12.1 Å². The Balaban J connectivity index is 2.13. The number of hydrogen-bond donors (Lipinski definition) is 1. The normalized spacial score (nSPS) is 11.6. The smallest absolute Gasteiger partial charge is 0.146 e. The molecule has 1 heterocycles. The van der Waals surface area contributed by atoms with Crippen molar-refractivity contribution in [2.24, 2.45) is 0 Å². The fourth-order valence-corrected chi connectivity index (χ4v) is 2.20. The first-order valence-electron chi connectivity index (χ1n) is 6.94. The maximum atomic E-state index is 5.97. The summed E-state index contributed by atoms with van der Waals surface area (Å²) >= 11 is 0. The van der Waals surface area contributed by atoms with Crippen LogP contribution in [0.15, 0.2) is 41.0 Å². The van der Waals surface area contributed by atoms with Crippen molar-refractivity contribution in [3.05, 3.63) is 53.5 Å². The molecular weight excluding hydrogens is 250 g/mol. The zero-order valence-corrected chi connectivity index (χ0v) is 12.7. The van der Waals surface area contributed by atoms with Crippen LogP contribution in [-0.2, 0) is 18.6 Å². The number of rotatable bonds is 5. The van der Waals surface area contributed by atoms with E-state index in [-0.39, 0.29) is 5.41 Å². The lowest BCUT2D eigenvalue weighted by Gasteiger charge is -2.22. The van der Waals surface area contributed by atoms with Gasteiger partial charge in [-0.05, 0) is 30.2 Å². The summed E-state index contributed by atoms with van der Waals surface area (Å²) in [5.41, 5.74) is 2.41. The van der Waals surface area contributed by atoms with Crippen LogP contribution in [-0.4, -0.2) is 7.05 Å². The molecule has 0 saturated carbocycles. The van der Waals surface area contributed by atoms with Crippen LogP contribution in [0.3, 0.4) is 0 Å². The SMILES string of the molecule is CNCc1ccoc1COc1ccccc1C(C)(C)C. The summed E-state index contributed by atoms with van der Waals surface area (Å²) in [7, 11) is 1.92. The van der Waals surface area contributed by atoms with Crippen LogP contribution >= 0.6 is 0 Å². The topological polar surface area (TPSA) is 34.4 Å². The molecule has 0 aliphatic heterocycles. The minimum absolute atomic E-state index is 0.0631. The number of nitrogens with one attached hydrogen (secondary N) is 1. The van der Waals surface area contributed by atoms with Crippen molar-refractivity contribution in [2.45, 2.75) is 39.3 Å². The molecule has 3 heteroatoms. The fourth-order valence-electron chi connectivity index (χ4n) is 2.20. The summed E-state index contributed by atoms with van der Waals surface area (Å²) in [4.78, 5) is 0. The fraction of sp³-hybridized carbons (Fsp3) is 0.412. The summed E-state index contributed by atoms with van der Waals surface area (Å²) in [5, 5.41) is 3.13. The molecule has 0 spiro atoms. The Bertz CT molecular complexity index is 552. The van der Waals surface area contributed by atoms with E-state index in [0.29, 0.717) is 6.61 Å². The predicted molar refractivity (Wildman–Crippen MR) is 80.9 cm³/mol. The molecule has 2 rings (SSSR count). The van der Waals surface area contributed by atoms with Gasteiger partial charge in [-0.1, -0.05) is 39.0 Å². The highest BCUT2D eigenvalue weighted by atomic mass is 16.5. The zero-order valence-electron chi connectivity index (χ0n) is 12.7. The Morgan fingerprint density at radius 2 is 1.90 bits per heavy atom. The predicted octanol–water partition coefficient (Wildman–Crippen LogP) is 3.88. The van der Waals surface area contributed by atoms with Gasteiger partial charge in [-0.15, -0.1) is 0 Å². The van der Waals surface area contributed by atoms with Gasteiger partial charge in [0.05, 0.1) is 6.26 Å². The van der Waals surface area contributed by atoms with Crippen molar-refractivity contribution >= 4 is 0 Å². The summed E-state index contributed by atoms with van der Waals surface area (Å²) in [5.74, 6) is 1.80. The zero-order chi connectivity index (χ0) is 14.6. The third-order valence-corrected chi connectivity index (χ3v) is 3.26. The van der Waals surface area contributed by atoms with Crippen molar-refractivity contribution in [1.82, 2.24) is 5.32 Å². The maximum Gasteiger partial charge on any atom is 0.146 e. The second kappa shape index (κ2) is 6.14. The van der Waals surface area contributed by atoms with Gasteiger partial charge in [0.2, 0.25) is 0 Å². The highest BCUT2D eigenvalue weighted by molar-refractivity contribution is 5.38. The lowest BCUT2D eigenvalue weighted by atomic mass is 9.86. The van der Waals surface area contributed by atoms with Gasteiger partial charge < -0.3 is 14.5 Å². The largest absolute Gasteiger partial charge is 0.485 e. The van der Waals surface area contributed by atoms with Crippen molar-refractivity contribution in [3.8, 4) is 5.75 Å². The minimum atomic E-state index is 0.0631. The van der Waals surface area contributed by atoms with E-state index in [4.69, 9.17) is 9.15 Å². The van der Waals surface area contributed by atoms with Gasteiger partial charge in [-0.25, -0.2) is 0 Å². The summed E-state index contributed by atoms with van der Waals surface area (Å²) < 4.78 is 11.5. The van der Waals surface area contributed by atoms with E-state index in [1.54, 1.807) is 6.26 Å². The van der Waals surface area contributed by atoms with E-state index < -0.39 is 0 Å². The van der Waals surface area contributed by atoms with Crippen molar-refractivity contribution < 1.29 is 9.15 Å². The Kier molecular flexibility index (Phi) is 4.50. The second-order valence-corrected chi connectivity index (χ2v) is 5.93. The molecular formula is C17H23NO2. The molecule has 108 valence electrons. The van der Waals surface area contributed by atoms with Crippen LogP contribution in [0.2, 0.25) is 0 Å². The standard InChI is InChI=1S/C17H23NO2/c1-17(2,3)14-7-5-6-8-15(14)20-12-16-13(11-18-4)9-10-19-16/h5-10,18H,11-12H2,1-4H3. The van der Waals surface area contributed by atoms with Crippen LogP contribution in [0, 0.1) is 0 Å². The minimum Gasteiger partial charge on any atom is -0.485 e. The Hall–Kier alpha value is -1.74. The van der Waals surface area contributed by atoms with Crippen molar-refractivity contribution in [2.75, 3.05) is 7.05 Å². The molecule has 0 saturated heterocycles. The molecule has 0 aliphatic carbocycles. The van der Waals surface area contributed by atoms with Crippen molar-refractivity contribution in [3.63, 3.8) is 0 Å². The molecule has 1 aromatic carbocycles. The Morgan fingerprint density at radius 1 is 1.15 bits per heavy atom. The number of ether oxygens (including phenoxy) is 1. The van der Waals surface area contributed by atoms with Gasteiger partial charge in [-0.2, -0.15) is 0 Å². The molecule has 20 heavy (non-hydrogen) atoms. The average Bonchev–Trinajstić information content (AvgIpc) is 2.83.